The predicted molar refractivity (Wildman–Crippen MR) is 70.0 cm³/mol. The van der Waals surface area contributed by atoms with Gasteiger partial charge in [-0.2, -0.15) is 0 Å². The average Bonchev–Trinajstić information content (AvgIpc) is 2.34. The summed E-state index contributed by atoms with van der Waals surface area (Å²) < 4.78 is 3.99. The number of hydrogen-bond donors (Lipinski definition) is 6. The number of aliphatic hydroxyl groups is 2. The predicted octanol–water partition coefficient (Wildman–Crippen LogP) is -2.58. The molecule has 13 heteroatoms. The first-order valence-corrected chi connectivity index (χ1v) is 6.30. The highest BCUT2D eigenvalue weighted by molar-refractivity contribution is 5.94. The lowest BCUT2D eigenvalue weighted by Crippen LogP contribution is -2.45. The number of carbonyl (C=O) groups excluding carboxylic acids is 2. The molecule has 13 nitrogen and oxygen atoms in total. The van der Waals surface area contributed by atoms with Crippen LogP contribution >= 0.6 is 0 Å². The van der Waals surface area contributed by atoms with E-state index in [4.69, 9.17) is 20.4 Å². The minimum Gasteiger partial charge on any atom is -0.481 e. The molecule has 25 heavy (non-hydrogen) atoms. The fraction of sp³-hybridized carbons (Fsp3) is 0.500. The van der Waals surface area contributed by atoms with Crippen molar-refractivity contribution in [3.05, 3.63) is 0 Å². The maximum atomic E-state index is 11.4. The molecule has 0 radical (unpaired) electrons. The number of carboxylic acid groups (broad SMARTS) is 4. The van der Waals surface area contributed by atoms with Crippen molar-refractivity contribution in [2.24, 2.45) is 0 Å². The minimum absolute atomic E-state index is 1.40. The molecular formula is C12H14O13. The Labute approximate surface area is 138 Å². The molecule has 0 aliphatic carbocycles. The lowest BCUT2D eigenvalue weighted by molar-refractivity contribution is -0.179. The van der Waals surface area contributed by atoms with Crippen LogP contribution in [0.1, 0.15) is 25.7 Å². The van der Waals surface area contributed by atoms with Crippen LogP contribution in [0.25, 0.3) is 0 Å². The molecule has 0 aromatic rings. The van der Waals surface area contributed by atoms with Gasteiger partial charge in [0.05, 0.1) is 25.7 Å². The Morgan fingerprint density at radius 3 is 1.08 bits per heavy atom. The van der Waals surface area contributed by atoms with E-state index in [-0.39, 0.29) is 0 Å². The Kier molecular flexibility index (Phi) is 7.16. The number of carbonyl (C=O) groups is 6. The highest BCUT2D eigenvalue weighted by Gasteiger charge is 2.44. The van der Waals surface area contributed by atoms with Gasteiger partial charge in [0.25, 0.3) is 0 Å². The summed E-state index contributed by atoms with van der Waals surface area (Å²) in [6, 6.07) is 0. The number of ether oxygens (including phenoxy) is 1. The fourth-order valence-electron chi connectivity index (χ4n) is 1.60. The van der Waals surface area contributed by atoms with E-state index < -0.39 is 72.7 Å². The number of esters is 2. The first-order chi connectivity index (χ1) is 11.2. The standard InChI is InChI=1S/C12H14O13/c13-5(14)1-11(23,9(19)20)3-7(17)25-8(18)4-12(24,10(21)22)2-6(15)16/h23-24H,1-4H2,(H,13,14)(H,15,16)(H,19,20)(H,21,22). The molecule has 0 aromatic heterocycles. The van der Waals surface area contributed by atoms with Crippen LogP contribution < -0.4 is 0 Å². The summed E-state index contributed by atoms with van der Waals surface area (Å²) in [6.45, 7) is 0. The molecule has 0 rings (SSSR count). The summed E-state index contributed by atoms with van der Waals surface area (Å²) in [5.41, 5.74) is -6.18. The number of carboxylic acids is 4. The highest BCUT2D eigenvalue weighted by atomic mass is 16.6. The van der Waals surface area contributed by atoms with E-state index in [1.54, 1.807) is 0 Å². The SMILES string of the molecule is O=C(O)CC(O)(CC(=O)OC(=O)CC(O)(CC(=O)O)C(=O)O)C(=O)O. The van der Waals surface area contributed by atoms with Crippen LogP contribution in [-0.2, 0) is 33.5 Å². The second-order valence-corrected chi connectivity index (χ2v) is 5.01. The molecule has 2 atom stereocenters. The van der Waals surface area contributed by atoms with Crippen molar-refractivity contribution in [3.8, 4) is 0 Å². The zero-order chi connectivity index (χ0) is 20.0. The molecule has 0 aliphatic heterocycles. The first-order valence-electron chi connectivity index (χ1n) is 6.30. The van der Waals surface area contributed by atoms with E-state index in [0.717, 1.165) is 0 Å². The molecule has 6 N–H and O–H groups in total. The second kappa shape index (κ2) is 8.16. The summed E-state index contributed by atoms with van der Waals surface area (Å²) >= 11 is 0. The van der Waals surface area contributed by atoms with Crippen LogP contribution in [0.5, 0.6) is 0 Å². The van der Waals surface area contributed by atoms with Crippen molar-refractivity contribution in [1.82, 2.24) is 0 Å². The van der Waals surface area contributed by atoms with Gasteiger partial charge in [-0.05, 0) is 0 Å². The fourth-order valence-corrected chi connectivity index (χ4v) is 1.60. The van der Waals surface area contributed by atoms with Gasteiger partial charge in [0, 0.05) is 0 Å². The van der Waals surface area contributed by atoms with Crippen molar-refractivity contribution < 1.29 is 64.1 Å². The average molecular weight is 366 g/mol. The Morgan fingerprint density at radius 1 is 0.600 bits per heavy atom. The summed E-state index contributed by atoms with van der Waals surface area (Å²) in [5.74, 6) is -11.2. The van der Waals surface area contributed by atoms with E-state index in [9.17, 15) is 39.0 Å². The van der Waals surface area contributed by atoms with Crippen molar-refractivity contribution in [1.29, 1.82) is 0 Å². The van der Waals surface area contributed by atoms with Crippen molar-refractivity contribution in [2.45, 2.75) is 36.9 Å². The second-order valence-electron chi connectivity index (χ2n) is 5.01. The lowest BCUT2D eigenvalue weighted by atomic mass is 9.95. The molecule has 0 fully saturated rings. The number of hydrogen-bond acceptors (Lipinski definition) is 9. The molecule has 2 unspecified atom stereocenters. The zero-order valence-corrected chi connectivity index (χ0v) is 12.4. The third-order valence-corrected chi connectivity index (χ3v) is 2.78. The van der Waals surface area contributed by atoms with Crippen LogP contribution in [-0.4, -0.2) is 77.7 Å². The third kappa shape index (κ3) is 6.92. The van der Waals surface area contributed by atoms with E-state index >= 15 is 0 Å². The summed E-state index contributed by atoms with van der Waals surface area (Å²) in [4.78, 5) is 65.5. The normalized spacial score (nSPS) is 15.3. The molecule has 0 bridgehead atoms. The Morgan fingerprint density at radius 2 is 0.880 bits per heavy atom. The zero-order valence-electron chi connectivity index (χ0n) is 12.4. The van der Waals surface area contributed by atoms with Gasteiger partial charge < -0.3 is 35.4 Å². The van der Waals surface area contributed by atoms with Gasteiger partial charge >= 0.3 is 35.8 Å². The summed E-state index contributed by atoms with van der Waals surface area (Å²) in [5, 5.41) is 53.6. The van der Waals surface area contributed by atoms with Gasteiger partial charge in [-0.1, -0.05) is 0 Å². The van der Waals surface area contributed by atoms with E-state index in [1.807, 2.05) is 0 Å². The van der Waals surface area contributed by atoms with E-state index in [2.05, 4.69) is 4.74 Å². The van der Waals surface area contributed by atoms with Crippen LogP contribution in [0.4, 0.5) is 0 Å². The third-order valence-electron chi connectivity index (χ3n) is 2.78. The molecule has 0 amide bonds. The van der Waals surface area contributed by atoms with Crippen molar-refractivity contribution in [2.75, 3.05) is 0 Å². The molecule has 0 heterocycles. The lowest BCUT2D eigenvalue weighted by Gasteiger charge is -2.21. The van der Waals surface area contributed by atoms with E-state index in [1.165, 1.54) is 0 Å². The van der Waals surface area contributed by atoms with Crippen LogP contribution in [0, 0.1) is 0 Å². The van der Waals surface area contributed by atoms with Gasteiger partial charge in [-0.3, -0.25) is 19.2 Å². The van der Waals surface area contributed by atoms with Gasteiger partial charge in [-0.25, -0.2) is 9.59 Å². The maximum absolute atomic E-state index is 11.4. The summed E-state index contributed by atoms with van der Waals surface area (Å²) in [6.07, 6.45) is -5.73. The monoisotopic (exact) mass is 366 g/mol. The van der Waals surface area contributed by atoms with Gasteiger partial charge in [0.15, 0.2) is 11.2 Å². The van der Waals surface area contributed by atoms with Crippen LogP contribution in [0.15, 0.2) is 0 Å². The molecule has 0 saturated carbocycles. The largest absolute Gasteiger partial charge is 0.481 e. The highest BCUT2D eigenvalue weighted by Crippen LogP contribution is 2.20. The number of aliphatic carboxylic acids is 4. The smallest absolute Gasteiger partial charge is 0.336 e. The molecule has 0 saturated heterocycles. The summed E-state index contributed by atoms with van der Waals surface area (Å²) in [7, 11) is 0. The minimum atomic E-state index is -3.09. The van der Waals surface area contributed by atoms with Crippen LogP contribution in [0.3, 0.4) is 0 Å². The van der Waals surface area contributed by atoms with Gasteiger partial charge in [0.2, 0.25) is 0 Å². The Hall–Kier alpha value is -3.06. The Bertz CT molecular complexity index is 556. The first kappa shape index (κ1) is 21.9. The molecule has 0 spiro atoms. The van der Waals surface area contributed by atoms with Crippen LogP contribution in [0.2, 0.25) is 0 Å². The molecular weight excluding hydrogens is 352 g/mol. The van der Waals surface area contributed by atoms with E-state index in [0.29, 0.717) is 0 Å². The molecule has 0 aliphatic rings. The Balaban J connectivity index is 5.02. The molecule has 140 valence electrons. The van der Waals surface area contributed by atoms with Crippen molar-refractivity contribution >= 4 is 35.8 Å². The van der Waals surface area contributed by atoms with Gasteiger partial charge in [-0.15, -0.1) is 0 Å². The van der Waals surface area contributed by atoms with Crippen molar-refractivity contribution in [3.63, 3.8) is 0 Å². The quantitative estimate of drug-likeness (QED) is 0.172. The maximum Gasteiger partial charge on any atom is 0.336 e. The molecule has 0 aromatic carbocycles. The topological polar surface area (TPSA) is 233 Å². The number of rotatable bonds is 10. The van der Waals surface area contributed by atoms with Gasteiger partial charge in [0.1, 0.15) is 0 Å².